The van der Waals surface area contributed by atoms with E-state index in [1.54, 1.807) is 31.2 Å². The summed E-state index contributed by atoms with van der Waals surface area (Å²) in [5.74, 6) is -1.74. The topological polar surface area (TPSA) is 63.6 Å². The molecule has 1 aromatic carbocycles. The number of halogens is 1. The summed E-state index contributed by atoms with van der Waals surface area (Å²) in [6.45, 7) is 2.03. The summed E-state index contributed by atoms with van der Waals surface area (Å²) >= 11 is 6.08. The number of carboxylic acids is 1. The van der Waals surface area contributed by atoms with Gasteiger partial charge in [-0.1, -0.05) is 29.8 Å². The molecule has 104 valence electrons. The summed E-state index contributed by atoms with van der Waals surface area (Å²) in [5.41, 5.74) is 0.688. The molecule has 0 aliphatic rings. The molecule has 5 heteroatoms. The maximum atomic E-state index is 11.9. The Hall–Kier alpha value is -1.55. The SMILES string of the molecule is CCOC(=O)C(CCCC(=O)O)c1ccccc1Cl. The lowest BCUT2D eigenvalue weighted by molar-refractivity contribution is -0.145. The first-order chi connectivity index (χ1) is 9.06. The number of ether oxygens (including phenoxy) is 1. The molecule has 0 radical (unpaired) electrons. The number of hydrogen-bond acceptors (Lipinski definition) is 3. The molecule has 0 aromatic heterocycles. The van der Waals surface area contributed by atoms with E-state index in [1.165, 1.54) is 0 Å². The van der Waals surface area contributed by atoms with Gasteiger partial charge < -0.3 is 9.84 Å². The first kappa shape index (κ1) is 15.5. The van der Waals surface area contributed by atoms with E-state index in [9.17, 15) is 9.59 Å². The molecule has 0 saturated heterocycles. The zero-order valence-corrected chi connectivity index (χ0v) is 11.5. The fourth-order valence-electron chi connectivity index (χ4n) is 1.86. The van der Waals surface area contributed by atoms with E-state index < -0.39 is 11.9 Å². The van der Waals surface area contributed by atoms with Crippen LogP contribution in [0.4, 0.5) is 0 Å². The molecule has 0 amide bonds. The molecule has 1 N–H and O–H groups in total. The maximum absolute atomic E-state index is 11.9. The van der Waals surface area contributed by atoms with E-state index in [-0.39, 0.29) is 12.4 Å². The van der Waals surface area contributed by atoms with Crippen LogP contribution in [-0.2, 0) is 14.3 Å². The Kier molecular flexibility index (Phi) is 6.36. The number of hydrogen-bond donors (Lipinski definition) is 1. The first-order valence-corrected chi connectivity index (χ1v) is 6.57. The van der Waals surface area contributed by atoms with Crippen molar-refractivity contribution in [2.75, 3.05) is 6.61 Å². The molecule has 0 bridgehead atoms. The number of esters is 1. The summed E-state index contributed by atoms with van der Waals surface area (Å²) in [6, 6.07) is 7.06. The molecule has 4 nitrogen and oxygen atoms in total. The van der Waals surface area contributed by atoms with E-state index >= 15 is 0 Å². The minimum Gasteiger partial charge on any atom is -0.481 e. The van der Waals surface area contributed by atoms with E-state index in [1.807, 2.05) is 0 Å². The Bertz CT molecular complexity index is 445. The van der Waals surface area contributed by atoms with Crippen molar-refractivity contribution >= 4 is 23.5 Å². The lowest BCUT2D eigenvalue weighted by Gasteiger charge is -2.16. The highest BCUT2D eigenvalue weighted by Crippen LogP contribution is 2.29. The molecule has 0 heterocycles. The maximum Gasteiger partial charge on any atom is 0.313 e. The van der Waals surface area contributed by atoms with Crippen molar-refractivity contribution in [3.05, 3.63) is 34.9 Å². The molecule has 0 aliphatic heterocycles. The van der Waals surface area contributed by atoms with Gasteiger partial charge in [-0.15, -0.1) is 0 Å². The smallest absolute Gasteiger partial charge is 0.313 e. The van der Waals surface area contributed by atoms with Gasteiger partial charge in [0.2, 0.25) is 0 Å². The molecule has 1 unspecified atom stereocenters. The summed E-state index contributed by atoms with van der Waals surface area (Å²) in [5, 5.41) is 9.15. The van der Waals surface area contributed by atoms with Crippen LogP contribution in [0.1, 0.15) is 37.7 Å². The van der Waals surface area contributed by atoms with Crippen molar-refractivity contribution in [3.63, 3.8) is 0 Å². The van der Waals surface area contributed by atoms with Crippen molar-refractivity contribution in [1.82, 2.24) is 0 Å². The monoisotopic (exact) mass is 284 g/mol. The van der Waals surface area contributed by atoms with Gasteiger partial charge in [0.05, 0.1) is 12.5 Å². The Balaban J connectivity index is 2.83. The van der Waals surface area contributed by atoms with Crippen LogP contribution >= 0.6 is 11.6 Å². The van der Waals surface area contributed by atoms with Crippen molar-refractivity contribution in [3.8, 4) is 0 Å². The fraction of sp³-hybridized carbons (Fsp3) is 0.429. The predicted octanol–water partition coefficient (Wildman–Crippen LogP) is 3.24. The van der Waals surface area contributed by atoms with E-state index in [2.05, 4.69) is 0 Å². The standard InChI is InChI=1S/C14H17ClO4/c1-2-19-14(18)11(7-5-9-13(16)17)10-6-3-4-8-12(10)15/h3-4,6,8,11H,2,5,7,9H2,1H3,(H,16,17). The second-order valence-electron chi connectivity index (χ2n) is 4.11. The zero-order valence-electron chi connectivity index (χ0n) is 10.8. The number of rotatable bonds is 7. The fourth-order valence-corrected chi connectivity index (χ4v) is 2.13. The van der Waals surface area contributed by atoms with Gasteiger partial charge in [0.1, 0.15) is 0 Å². The largest absolute Gasteiger partial charge is 0.481 e. The molecular weight excluding hydrogens is 268 g/mol. The lowest BCUT2D eigenvalue weighted by Crippen LogP contribution is -2.17. The van der Waals surface area contributed by atoms with Gasteiger partial charge in [-0.25, -0.2) is 0 Å². The summed E-state index contributed by atoms with van der Waals surface area (Å²) in [7, 11) is 0. The Morgan fingerprint density at radius 3 is 2.63 bits per heavy atom. The average Bonchev–Trinajstić information content (AvgIpc) is 2.36. The number of carbonyl (C=O) groups is 2. The summed E-state index contributed by atoms with van der Waals surface area (Å²) in [6.07, 6.45) is 0.846. The molecule has 1 aromatic rings. The summed E-state index contributed by atoms with van der Waals surface area (Å²) in [4.78, 5) is 22.5. The van der Waals surface area contributed by atoms with Gasteiger partial charge in [0.25, 0.3) is 0 Å². The second kappa shape index (κ2) is 7.79. The van der Waals surface area contributed by atoms with Gasteiger partial charge in [0, 0.05) is 11.4 Å². The van der Waals surface area contributed by atoms with Crippen LogP contribution in [0.2, 0.25) is 5.02 Å². The van der Waals surface area contributed by atoms with Gasteiger partial charge in [-0.3, -0.25) is 9.59 Å². The highest BCUT2D eigenvalue weighted by atomic mass is 35.5. The first-order valence-electron chi connectivity index (χ1n) is 6.19. The van der Waals surface area contributed by atoms with Crippen LogP contribution in [0.25, 0.3) is 0 Å². The van der Waals surface area contributed by atoms with Crippen LogP contribution < -0.4 is 0 Å². The minimum absolute atomic E-state index is 0.0281. The lowest BCUT2D eigenvalue weighted by atomic mass is 9.93. The van der Waals surface area contributed by atoms with Crippen molar-refractivity contribution in [2.45, 2.75) is 32.1 Å². The number of aliphatic carboxylic acids is 1. The van der Waals surface area contributed by atoms with E-state index in [0.717, 1.165) is 0 Å². The van der Waals surface area contributed by atoms with Gasteiger partial charge in [-0.2, -0.15) is 0 Å². The van der Waals surface area contributed by atoms with Crippen LogP contribution in [0, 0.1) is 0 Å². The molecule has 1 rings (SSSR count). The molecule has 0 fully saturated rings. The molecule has 0 spiro atoms. The van der Waals surface area contributed by atoms with Crippen molar-refractivity contribution in [2.24, 2.45) is 0 Å². The molecule has 0 saturated carbocycles. The third kappa shape index (κ3) is 4.91. The van der Waals surface area contributed by atoms with Crippen LogP contribution in [0.3, 0.4) is 0 Å². The van der Waals surface area contributed by atoms with E-state index in [4.69, 9.17) is 21.4 Å². The normalized spacial score (nSPS) is 11.9. The molecule has 0 aliphatic carbocycles. The molecule has 19 heavy (non-hydrogen) atoms. The number of carboxylic acid groups (broad SMARTS) is 1. The predicted molar refractivity (Wildman–Crippen MR) is 72.3 cm³/mol. The number of carbonyl (C=O) groups excluding carboxylic acids is 1. The third-order valence-corrected chi connectivity index (χ3v) is 3.08. The summed E-state index contributed by atoms with van der Waals surface area (Å²) < 4.78 is 5.03. The third-order valence-electron chi connectivity index (χ3n) is 2.74. The van der Waals surface area contributed by atoms with Crippen LogP contribution in [-0.4, -0.2) is 23.7 Å². The Labute approximate surface area is 117 Å². The van der Waals surface area contributed by atoms with Gasteiger partial charge in [-0.05, 0) is 31.4 Å². The Morgan fingerprint density at radius 2 is 2.05 bits per heavy atom. The highest BCUT2D eigenvalue weighted by Gasteiger charge is 2.23. The molecule has 1 atom stereocenters. The highest BCUT2D eigenvalue weighted by molar-refractivity contribution is 6.31. The van der Waals surface area contributed by atoms with Crippen molar-refractivity contribution < 1.29 is 19.4 Å². The van der Waals surface area contributed by atoms with Crippen LogP contribution in [0.15, 0.2) is 24.3 Å². The average molecular weight is 285 g/mol. The Morgan fingerprint density at radius 1 is 1.37 bits per heavy atom. The minimum atomic E-state index is -0.873. The zero-order chi connectivity index (χ0) is 14.3. The molecular formula is C14H17ClO4. The number of benzene rings is 1. The van der Waals surface area contributed by atoms with Crippen molar-refractivity contribution in [1.29, 1.82) is 0 Å². The van der Waals surface area contributed by atoms with Gasteiger partial charge >= 0.3 is 11.9 Å². The van der Waals surface area contributed by atoms with Gasteiger partial charge in [0.15, 0.2) is 0 Å². The van der Waals surface area contributed by atoms with Crippen LogP contribution in [0.5, 0.6) is 0 Å². The quantitative estimate of drug-likeness (QED) is 0.781. The second-order valence-corrected chi connectivity index (χ2v) is 4.52. The van der Waals surface area contributed by atoms with E-state index in [0.29, 0.717) is 30.0 Å².